The number of quaternary nitrogens is 1. The van der Waals surface area contributed by atoms with Gasteiger partial charge in [-0.3, -0.25) is 9.19 Å². The van der Waals surface area contributed by atoms with E-state index in [-0.39, 0.29) is 0 Å². The smallest absolute Gasteiger partial charge is 0.197 e. The Labute approximate surface area is 161 Å². The minimum absolute atomic E-state index is 0.293. The van der Waals surface area contributed by atoms with E-state index in [0.29, 0.717) is 24.1 Å². The van der Waals surface area contributed by atoms with Gasteiger partial charge >= 0.3 is 0 Å². The lowest BCUT2D eigenvalue weighted by Crippen LogP contribution is -2.40. The van der Waals surface area contributed by atoms with Gasteiger partial charge in [0.1, 0.15) is 5.75 Å². The maximum atomic E-state index is 12.7. The SMILES string of the molecule is COCCCOc1ccnc(CS(=O)c2nc3ccccc3[nH]2)c1C.C[NH3+]. The lowest BCUT2D eigenvalue weighted by Gasteiger charge is -2.11. The van der Waals surface area contributed by atoms with Crippen molar-refractivity contribution < 1.29 is 19.4 Å². The molecule has 2 heterocycles. The molecule has 2 aromatic heterocycles. The number of aromatic amines is 1. The van der Waals surface area contributed by atoms with Crippen LogP contribution >= 0.6 is 0 Å². The first-order valence-electron chi connectivity index (χ1n) is 8.79. The summed E-state index contributed by atoms with van der Waals surface area (Å²) >= 11 is 0. The van der Waals surface area contributed by atoms with Crippen molar-refractivity contribution in [2.24, 2.45) is 0 Å². The molecule has 0 saturated carbocycles. The first-order valence-corrected chi connectivity index (χ1v) is 10.1. The quantitative estimate of drug-likeness (QED) is 0.570. The molecule has 146 valence electrons. The van der Waals surface area contributed by atoms with E-state index in [2.05, 4.69) is 20.7 Å². The molecule has 4 N–H and O–H groups in total. The minimum atomic E-state index is -1.30. The molecule has 0 radical (unpaired) electrons. The molecule has 0 aliphatic carbocycles. The molecule has 27 heavy (non-hydrogen) atoms. The van der Waals surface area contributed by atoms with Gasteiger partial charge in [0.15, 0.2) is 5.16 Å². The second-order valence-electron chi connectivity index (χ2n) is 5.62. The first-order chi connectivity index (χ1) is 13.2. The highest BCUT2D eigenvalue weighted by molar-refractivity contribution is 7.84. The van der Waals surface area contributed by atoms with Gasteiger partial charge in [0.25, 0.3) is 0 Å². The normalized spacial score (nSPS) is 11.7. The van der Waals surface area contributed by atoms with Crippen LogP contribution in [-0.4, -0.2) is 46.5 Å². The number of fused-ring (bicyclic) bond motifs is 1. The molecule has 0 amide bonds. The van der Waals surface area contributed by atoms with Gasteiger partial charge in [0.05, 0.1) is 46.9 Å². The number of methoxy groups -OCH3 is 1. The van der Waals surface area contributed by atoms with Gasteiger partial charge in [-0.15, -0.1) is 0 Å². The van der Waals surface area contributed by atoms with Crippen LogP contribution < -0.4 is 10.5 Å². The summed E-state index contributed by atoms with van der Waals surface area (Å²) in [6.45, 7) is 3.17. The Balaban J connectivity index is 0.00000126. The third-order valence-electron chi connectivity index (χ3n) is 3.86. The van der Waals surface area contributed by atoms with E-state index in [1.807, 2.05) is 37.3 Å². The highest BCUT2D eigenvalue weighted by atomic mass is 32.2. The predicted molar refractivity (Wildman–Crippen MR) is 106 cm³/mol. The second-order valence-corrected chi connectivity index (χ2v) is 6.99. The van der Waals surface area contributed by atoms with Crippen LogP contribution in [0.4, 0.5) is 0 Å². The zero-order chi connectivity index (χ0) is 19.6. The van der Waals surface area contributed by atoms with Gasteiger partial charge in [0.2, 0.25) is 0 Å². The number of aromatic nitrogens is 3. The van der Waals surface area contributed by atoms with Crippen LogP contribution in [0.5, 0.6) is 5.75 Å². The number of para-hydroxylation sites is 2. The number of ether oxygens (including phenoxy) is 2. The highest BCUT2D eigenvalue weighted by Crippen LogP contribution is 2.22. The van der Waals surface area contributed by atoms with E-state index in [9.17, 15) is 4.21 Å². The van der Waals surface area contributed by atoms with Gasteiger partial charge in [-0.25, -0.2) is 4.98 Å². The maximum Gasteiger partial charge on any atom is 0.197 e. The molecule has 3 aromatic rings. The Morgan fingerprint density at radius 3 is 2.70 bits per heavy atom. The lowest BCUT2D eigenvalue weighted by molar-refractivity contribution is -0.325. The predicted octanol–water partition coefficient (Wildman–Crippen LogP) is 1.85. The highest BCUT2D eigenvalue weighted by Gasteiger charge is 2.14. The van der Waals surface area contributed by atoms with Crippen LogP contribution in [0, 0.1) is 6.92 Å². The van der Waals surface area contributed by atoms with Crippen molar-refractivity contribution >= 4 is 21.8 Å². The zero-order valence-electron chi connectivity index (χ0n) is 16.0. The number of nitrogens with one attached hydrogen (secondary N) is 1. The molecule has 3 rings (SSSR count). The Morgan fingerprint density at radius 1 is 1.19 bits per heavy atom. The number of hydrogen-bond acceptors (Lipinski definition) is 5. The summed E-state index contributed by atoms with van der Waals surface area (Å²) in [6.07, 6.45) is 2.50. The fourth-order valence-electron chi connectivity index (χ4n) is 2.48. The summed E-state index contributed by atoms with van der Waals surface area (Å²) in [7, 11) is 2.12. The summed E-state index contributed by atoms with van der Waals surface area (Å²) in [5, 5.41) is 0.466. The van der Waals surface area contributed by atoms with Gasteiger partial charge in [0, 0.05) is 31.9 Å². The van der Waals surface area contributed by atoms with Gasteiger partial charge in [-0.05, 0) is 25.1 Å². The standard InChI is InChI=1S/C18H21N3O3S.CH5N/c1-13-16(19-9-8-17(13)24-11-5-10-23-2)12-25(22)18-20-14-6-3-4-7-15(14)21-18;1-2/h3-4,6-9H,5,10-12H2,1-2H3,(H,20,21);2H2,1H3/p+1. The van der Waals surface area contributed by atoms with Crippen LogP contribution in [0.15, 0.2) is 41.7 Å². The van der Waals surface area contributed by atoms with E-state index in [1.165, 1.54) is 0 Å². The van der Waals surface area contributed by atoms with Gasteiger partial charge in [-0.2, -0.15) is 0 Å². The topological polar surface area (TPSA) is 105 Å². The second kappa shape index (κ2) is 10.8. The number of H-pyrrole nitrogens is 1. The Bertz CT molecular complexity index is 849. The number of hydrogen-bond donors (Lipinski definition) is 2. The molecule has 0 spiro atoms. The Kier molecular flexibility index (Phi) is 8.38. The molecular weight excluding hydrogens is 364 g/mol. The van der Waals surface area contributed by atoms with Crippen LogP contribution in [0.25, 0.3) is 11.0 Å². The van der Waals surface area contributed by atoms with Crippen molar-refractivity contribution in [3.05, 3.63) is 47.8 Å². The molecule has 7 nitrogen and oxygen atoms in total. The summed E-state index contributed by atoms with van der Waals surface area (Å²) in [6, 6.07) is 9.47. The summed E-state index contributed by atoms with van der Waals surface area (Å²) in [5.41, 5.74) is 6.60. The molecule has 1 aromatic carbocycles. The number of pyridine rings is 1. The number of benzene rings is 1. The molecule has 0 aliphatic heterocycles. The molecule has 8 heteroatoms. The van der Waals surface area contributed by atoms with Crippen LogP contribution in [0.3, 0.4) is 0 Å². The third kappa shape index (κ3) is 5.59. The van der Waals surface area contributed by atoms with Crippen molar-refractivity contribution in [2.45, 2.75) is 24.3 Å². The van der Waals surface area contributed by atoms with Crippen molar-refractivity contribution in [2.75, 3.05) is 27.4 Å². The zero-order valence-corrected chi connectivity index (χ0v) is 16.8. The van der Waals surface area contributed by atoms with E-state index in [4.69, 9.17) is 9.47 Å². The maximum absolute atomic E-state index is 12.7. The average Bonchev–Trinajstić information content (AvgIpc) is 3.14. The summed E-state index contributed by atoms with van der Waals surface area (Å²) in [5.74, 6) is 1.06. The molecule has 0 aliphatic rings. The molecule has 0 fully saturated rings. The fourth-order valence-corrected chi connectivity index (χ4v) is 3.58. The van der Waals surface area contributed by atoms with E-state index in [1.54, 1.807) is 20.4 Å². The van der Waals surface area contributed by atoms with Crippen molar-refractivity contribution in [3.8, 4) is 5.75 Å². The van der Waals surface area contributed by atoms with Crippen LogP contribution in [-0.2, 0) is 21.3 Å². The molecular formula is C19H27N4O3S+. The van der Waals surface area contributed by atoms with E-state index < -0.39 is 10.8 Å². The Morgan fingerprint density at radius 2 is 1.96 bits per heavy atom. The van der Waals surface area contributed by atoms with Crippen LogP contribution in [0.2, 0.25) is 0 Å². The molecule has 0 bridgehead atoms. The molecule has 1 atom stereocenters. The third-order valence-corrected chi connectivity index (χ3v) is 5.02. The fraction of sp³-hybridized carbons (Fsp3) is 0.368. The lowest BCUT2D eigenvalue weighted by atomic mass is 10.2. The van der Waals surface area contributed by atoms with Crippen molar-refractivity contribution in [3.63, 3.8) is 0 Å². The average molecular weight is 392 g/mol. The van der Waals surface area contributed by atoms with E-state index in [0.717, 1.165) is 34.5 Å². The summed E-state index contributed by atoms with van der Waals surface area (Å²) < 4.78 is 23.5. The van der Waals surface area contributed by atoms with Gasteiger partial charge < -0.3 is 20.2 Å². The largest absolute Gasteiger partial charge is 0.493 e. The Hall–Kier alpha value is -2.29. The minimum Gasteiger partial charge on any atom is -0.493 e. The number of nitrogens with zero attached hydrogens (tertiary/aromatic N) is 2. The monoisotopic (exact) mass is 391 g/mol. The van der Waals surface area contributed by atoms with E-state index >= 15 is 0 Å². The van der Waals surface area contributed by atoms with Crippen molar-refractivity contribution in [1.82, 2.24) is 15.0 Å². The van der Waals surface area contributed by atoms with Crippen LogP contribution in [0.1, 0.15) is 17.7 Å². The summed E-state index contributed by atoms with van der Waals surface area (Å²) in [4.78, 5) is 11.9. The molecule has 0 saturated heterocycles. The van der Waals surface area contributed by atoms with Gasteiger partial charge in [-0.1, -0.05) is 12.1 Å². The number of imidazole rings is 1. The first kappa shape index (κ1) is 21.0. The van der Waals surface area contributed by atoms with Crippen molar-refractivity contribution in [1.29, 1.82) is 0 Å². The molecule has 1 unspecified atom stereocenters. The number of rotatable bonds is 8.